The monoisotopic (exact) mass is 295 g/mol. The average Bonchev–Trinajstić information content (AvgIpc) is 2.59. The average molecular weight is 295 g/mol. The molecule has 0 radical (unpaired) electrons. The van der Waals surface area contributed by atoms with E-state index in [1.165, 1.54) is 6.20 Å². The van der Waals surface area contributed by atoms with E-state index >= 15 is 0 Å². The van der Waals surface area contributed by atoms with Gasteiger partial charge in [0.15, 0.2) is 5.82 Å². The van der Waals surface area contributed by atoms with Gasteiger partial charge in [-0.25, -0.2) is 15.0 Å². The Morgan fingerprint density at radius 2 is 1.50 bits per heavy atom. The molecule has 3 rings (SSSR count). The Morgan fingerprint density at radius 1 is 0.864 bits per heavy atom. The third-order valence-electron chi connectivity index (χ3n) is 3.03. The maximum absolute atomic E-state index is 13.9. The minimum absolute atomic E-state index is 0.454. The normalized spacial score (nSPS) is 9.82. The van der Waals surface area contributed by atoms with Gasteiger partial charge in [-0.2, -0.15) is 4.39 Å². The number of hydrogen-bond acceptors (Lipinski definition) is 3. The smallest absolute Gasteiger partial charge is 0.220 e. The highest BCUT2D eigenvalue weighted by Gasteiger charge is 2.10. The lowest BCUT2D eigenvalue weighted by molar-refractivity contribution is 0.588. The van der Waals surface area contributed by atoms with Crippen LogP contribution < -0.4 is 0 Å². The highest BCUT2D eigenvalue weighted by atomic mass is 19.1. The molecule has 1 aromatic carbocycles. The maximum atomic E-state index is 13.9. The van der Waals surface area contributed by atoms with Crippen LogP contribution in [-0.2, 0) is 0 Å². The Kier molecular flexibility index (Phi) is 5.31. The largest absolute Gasteiger partial charge is 0.237 e. The Labute approximate surface area is 129 Å². The molecule has 0 saturated carbocycles. The van der Waals surface area contributed by atoms with E-state index in [0.717, 1.165) is 11.1 Å². The van der Waals surface area contributed by atoms with Gasteiger partial charge >= 0.3 is 0 Å². The van der Waals surface area contributed by atoms with Crippen molar-refractivity contribution in [3.63, 3.8) is 0 Å². The van der Waals surface area contributed by atoms with E-state index in [1.807, 2.05) is 45.0 Å². The molecular weight excluding hydrogens is 277 g/mol. The van der Waals surface area contributed by atoms with Crippen LogP contribution in [0.25, 0.3) is 22.5 Å². The number of pyridine rings is 1. The lowest BCUT2D eigenvalue weighted by Gasteiger charge is -2.06. The molecule has 0 atom stereocenters. The van der Waals surface area contributed by atoms with Crippen LogP contribution in [0.3, 0.4) is 0 Å². The number of aryl methyl sites for hydroxylation is 1. The Morgan fingerprint density at radius 3 is 2.14 bits per heavy atom. The highest BCUT2D eigenvalue weighted by molar-refractivity contribution is 5.69. The molecule has 0 aliphatic carbocycles. The van der Waals surface area contributed by atoms with Crippen LogP contribution in [0.5, 0.6) is 0 Å². The molecule has 2 heterocycles. The second kappa shape index (κ2) is 7.41. The number of hydrogen-bond donors (Lipinski definition) is 0. The molecule has 0 fully saturated rings. The molecule has 0 N–H and O–H groups in total. The zero-order valence-corrected chi connectivity index (χ0v) is 12.9. The van der Waals surface area contributed by atoms with Crippen molar-refractivity contribution in [2.45, 2.75) is 20.8 Å². The van der Waals surface area contributed by atoms with Crippen LogP contribution in [0.1, 0.15) is 19.4 Å². The number of aromatic nitrogens is 3. The lowest BCUT2D eigenvalue weighted by Crippen LogP contribution is -1.93. The summed E-state index contributed by atoms with van der Waals surface area (Å²) in [5.41, 5.74) is 3.07. The summed E-state index contributed by atoms with van der Waals surface area (Å²) < 4.78 is 13.9. The molecule has 2 aromatic heterocycles. The molecule has 4 heteroatoms. The first-order valence-corrected chi connectivity index (χ1v) is 7.24. The molecule has 112 valence electrons. The van der Waals surface area contributed by atoms with Gasteiger partial charge in [-0.05, 0) is 24.6 Å². The zero-order chi connectivity index (χ0) is 15.9. The van der Waals surface area contributed by atoms with Gasteiger partial charge in [0.25, 0.3) is 0 Å². The summed E-state index contributed by atoms with van der Waals surface area (Å²) in [6.07, 6.45) is 4.75. The Hall–Kier alpha value is -2.62. The summed E-state index contributed by atoms with van der Waals surface area (Å²) in [4.78, 5) is 12.1. The molecule has 0 spiro atoms. The molecule has 3 nitrogen and oxygen atoms in total. The molecule has 0 aliphatic rings. The van der Waals surface area contributed by atoms with Crippen molar-refractivity contribution in [1.29, 1.82) is 0 Å². The summed E-state index contributed by atoms with van der Waals surface area (Å²) in [5.74, 6) is 0.0434. The van der Waals surface area contributed by atoms with Crippen LogP contribution in [0.15, 0.2) is 55.0 Å². The van der Waals surface area contributed by atoms with E-state index < -0.39 is 5.95 Å². The third kappa shape index (κ3) is 3.52. The molecule has 3 aromatic rings. The van der Waals surface area contributed by atoms with Gasteiger partial charge in [-0.1, -0.05) is 43.7 Å². The number of nitrogens with zero attached hydrogens (tertiary/aromatic N) is 3. The minimum Gasteiger partial charge on any atom is -0.237 e. The first kappa shape index (κ1) is 15.8. The van der Waals surface area contributed by atoms with Crippen molar-refractivity contribution >= 4 is 0 Å². The molecule has 0 amide bonds. The quantitative estimate of drug-likeness (QED) is 0.644. The highest BCUT2D eigenvalue weighted by Crippen LogP contribution is 2.25. The fourth-order valence-corrected chi connectivity index (χ4v) is 1.95. The molecule has 0 unspecified atom stereocenters. The lowest BCUT2D eigenvalue weighted by atomic mass is 10.0. The SMILES string of the molecule is CC.Cc1ccc(-c2cc(-c3ncccn3)cnc2F)cc1. The second-order valence-corrected chi connectivity index (χ2v) is 4.50. The topological polar surface area (TPSA) is 38.7 Å². The third-order valence-corrected chi connectivity index (χ3v) is 3.03. The van der Waals surface area contributed by atoms with E-state index in [4.69, 9.17) is 0 Å². The molecule has 0 bridgehead atoms. The van der Waals surface area contributed by atoms with Crippen LogP contribution in [0.2, 0.25) is 0 Å². The number of benzene rings is 1. The fourth-order valence-electron chi connectivity index (χ4n) is 1.95. The van der Waals surface area contributed by atoms with Gasteiger partial charge in [0.1, 0.15) is 0 Å². The van der Waals surface area contributed by atoms with Gasteiger partial charge in [-0.3, -0.25) is 0 Å². The summed E-state index contributed by atoms with van der Waals surface area (Å²) in [6, 6.07) is 11.1. The van der Waals surface area contributed by atoms with Crippen LogP contribution in [0.4, 0.5) is 4.39 Å². The standard InChI is InChI=1S/C16H12FN3.C2H6/c1-11-3-5-12(6-4-11)14-9-13(10-20-15(14)17)16-18-7-2-8-19-16;1-2/h2-10H,1H3;1-2H3. The first-order chi connectivity index (χ1) is 10.7. The van der Waals surface area contributed by atoms with Crippen molar-refractivity contribution in [1.82, 2.24) is 15.0 Å². The molecule has 0 saturated heterocycles. The van der Waals surface area contributed by atoms with Gasteiger partial charge in [0.2, 0.25) is 5.95 Å². The van der Waals surface area contributed by atoms with Gasteiger partial charge in [-0.15, -0.1) is 0 Å². The number of halogens is 1. The molecule has 22 heavy (non-hydrogen) atoms. The van der Waals surface area contributed by atoms with Crippen molar-refractivity contribution in [2.24, 2.45) is 0 Å². The van der Waals surface area contributed by atoms with Crippen LogP contribution in [-0.4, -0.2) is 15.0 Å². The van der Waals surface area contributed by atoms with Gasteiger partial charge in [0.05, 0.1) is 0 Å². The summed E-state index contributed by atoms with van der Waals surface area (Å²) in [7, 11) is 0. The van der Waals surface area contributed by atoms with E-state index in [2.05, 4.69) is 15.0 Å². The second-order valence-electron chi connectivity index (χ2n) is 4.50. The van der Waals surface area contributed by atoms with Crippen molar-refractivity contribution in [2.75, 3.05) is 0 Å². The van der Waals surface area contributed by atoms with Gasteiger partial charge < -0.3 is 0 Å². The van der Waals surface area contributed by atoms with Crippen molar-refractivity contribution < 1.29 is 4.39 Å². The zero-order valence-electron chi connectivity index (χ0n) is 12.9. The van der Waals surface area contributed by atoms with Crippen molar-refractivity contribution in [3.8, 4) is 22.5 Å². The van der Waals surface area contributed by atoms with E-state index in [0.29, 0.717) is 17.0 Å². The van der Waals surface area contributed by atoms with E-state index in [9.17, 15) is 4.39 Å². The van der Waals surface area contributed by atoms with E-state index in [-0.39, 0.29) is 0 Å². The maximum Gasteiger partial charge on any atom is 0.220 e. The Balaban J connectivity index is 0.000000847. The van der Waals surface area contributed by atoms with Crippen LogP contribution in [0, 0.1) is 12.9 Å². The molecular formula is C18H18FN3. The number of rotatable bonds is 2. The van der Waals surface area contributed by atoms with E-state index in [1.54, 1.807) is 24.5 Å². The fraction of sp³-hybridized carbons (Fsp3) is 0.167. The predicted molar refractivity (Wildman–Crippen MR) is 86.7 cm³/mol. The van der Waals surface area contributed by atoms with Crippen LogP contribution >= 0.6 is 0 Å². The first-order valence-electron chi connectivity index (χ1n) is 7.24. The summed E-state index contributed by atoms with van der Waals surface area (Å²) >= 11 is 0. The summed E-state index contributed by atoms with van der Waals surface area (Å²) in [6.45, 7) is 5.99. The Bertz CT molecular complexity index is 725. The predicted octanol–water partition coefficient (Wildman–Crippen LogP) is 4.68. The minimum atomic E-state index is -0.492. The molecule has 0 aliphatic heterocycles. The van der Waals surface area contributed by atoms with Gasteiger partial charge in [0, 0.05) is 29.7 Å². The van der Waals surface area contributed by atoms with Crippen molar-refractivity contribution in [3.05, 3.63) is 66.5 Å². The summed E-state index contributed by atoms with van der Waals surface area (Å²) in [5, 5.41) is 0.